The average molecular weight is 403 g/mol. The van der Waals surface area contributed by atoms with Gasteiger partial charge in [-0.3, -0.25) is 14.1 Å². The Balaban J connectivity index is 2.04. The highest BCUT2D eigenvalue weighted by atomic mass is 32.2. The number of aryl methyl sites for hydroxylation is 1. The summed E-state index contributed by atoms with van der Waals surface area (Å²) in [5.74, 6) is 1.80. The Kier molecular flexibility index (Phi) is 6.00. The van der Waals surface area contributed by atoms with Crippen molar-refractivity contribution in [1.29, 1.82) is 0 Å². The van der Waals surface area contributed by atoms with Crippen LogP contribution < -0.4 is 9.47 Å². The molecule has 2 heterocycles. The predicted octanol–water partition coefficient (Wildman–Crippen LogP) is 2.89. The predicted molar refractivity (Wildman–Crippen MR) is 110 cm³/mol. The molecule has 7 nitrogen and oxygen atoms in total. The molecule has 1 unspecified atom stereocenters. The van der Waals surface area contributed by atoms with E-state index >= 15 is 0 Å². The van der Waals surface area contributed by atoms with E-state index in [1.165, 1.54) is 0 Å². The second-order valence-electron chi connectivity index (χ2n) is 6.93. The van der Waals surface area contributed by atoms with Gasteiger partial charge in [0.05, 0.1) is 54.2 Å². The monoisotopic (exact) mass is 402 g/mol. The van der Waals surface area contributed by atoms with Gasteiger partial charge in [0.15, 0.2) is 0 Å². The number of methoxy groups -OCH3 is 2. The van der Waals surface area contributed by atoms with Crippen molar-refractivity contribution in [2.45, 2.75) is 31.4 Å². The minimum absolute atomic E-state index is 0.274. The third kappa shape index (κ3) is 3.88. The lowest BCUT2D eigenvalue weighted by atomic mass is 10.1. The summed E-state index contributed by atoms with van der Waals surface area (Å²) < 4.78 is 26.1. The number of hydrogen-bond acceptors (Lipinski definition) is 6. The molecule has 0 aliphatic rings. The van der Waals surface area contributed by atoms with E-state index in [4.69, 9.17) is 9.47 Å². The van der Waals surface area contributed by atoms with Crippen LogP contribution in [0.2, 0.25) is 0 Å². The number of imidazole rings is 1. The lowest BCUT2D eigenvalue weighted by Crippen LogP contribution is -2.19. The van der Waals surface area contributed by atoms with Crippen LogP contribution in [0, 0.1) is 13.8 Å². The number of benzene rings is 1. The fraction of sp³-hybridized carbons (Fsp3) is 0.400. The average Bonchev–Trinajstić information content (AvgIpc) is 3.01. The molecule has 0 saturated carbocycles. The summed E-state index contributed by atoms with van der Waals surface area (Å²) in [6, 6.07) is 5.67. The largest absolute Gasteiger partial charge is 0.497 e. The zero-order chi connectivity index (χ0) is 20.4. The number of ether oxygens (including phenoxy) is 2. The van der Waals surface area contributed by atoms with Crippen molar-refractivity contribution in [2.75, 3.05) is 28.3 Å². The SMILES string of the molecule is COc1ccc2nc(S(=O)Cc3ncc(C)c(OC)c3C)n(CN(C)C)c2c1. The van der Waals surface area contributed by atoms with E-state index in [-0.39, 0.29) is 5.75 Å². The van der Waals surface area contributed by atoms with E-state index in [9.17, 15) is 4.21 Å². The Morgan fingerprint density at radius 1 is 1.18 bits per heavy atom. The molecule has 2 aromatic heterocycles. The first-order chi connectivity index (χ1) is 13.3. The molecule has 0 aliphatic heterocycles. The molecule has 3 rings (SSSR count). The van der Waals surface area contributed by atoms with Gasteiger partial charge in [0, 0.05) is 23.4 Å². The molecule has 8 heteroatoms. The van der Waals surface area contributed by atoms with Gasteiger partial charge < -0.3 is 14.0 Å². The minimum atomic E-state index is -1.36. The van der Waals surface area contributed by atoms with Gasteiger partial charge in [-0.15, -0.1) is 0 Å². The summed E-state index contributed by atoms with van der Waals surface area (Å²) >= 11 is 0. The summed E-state index contributed by atoms with van der Waals surface area (Å²) in [4.78, 5) is 11.1. The first-order valence-corrected chi connectivity index (χ1v) is 10.2. The van der Waals surface area contributed by atoms with E-state index in [1.807, 2.05) is 55.6 Å². The molecule has 0 bridgehead atoms. The van der Waals surface area contributed by atoms with Crippen molar-refractivity contribution in [2.24, 2.45) is 0 Å². The van der Waals surface area contributed by atoms with Crippen LogP contribution in [0.4, 0.5) is 0 Å². The number of hydrogen-bond donors (Lipinski definition) is 0. The van der Waals surface area contributed by atoms with Crippen LogP contribution in [0.5, 0.6) is 11.5 Å². The topological polar surface area (TPSA) is 69.5 Å². The first-order valence-electron chi connectivity index (χ1n) is 8.92. The quantitative estimate of drug-likeness (QED) is 0.605. The lowest BCUT2D eigenvalue weighted by Gasteiger charge is -2.15. The normalized spacial score (nSPS) is 12.5. The first kappa shape index (κ1) is 20.3. The molecule has 1 atom stereocenters. The second kappa shape index (κ2) is 8.28. The zero-order valence-electron chi connectivity index (χ0n) is 17.1. The summed E-state index contributed by atoms with van der Waals surface area (Å²) in [7, 11) is 5.84. The molecule has 0 fully saturated rings. The van der Waals surface area contributed by atoms with Crippen LogP contribution in [0.3, 0.4) is 0 Å². The molecule has 0 radical (unpaired) electrons. The maximum atomic E-state index is 13.3. The number of fused-ring (bicyclic) bond motifs is 1. The van der Waals surface area contributed by atoms with Gasteiger partial charge in [0.25, 0.3) is 0 Å². The number of nitrogens with zero attached hydrogens (tertiary/aromatic N) is 4. The van der Waals surface area contributed by atoms with Crippen molar-refractivity contribution < 1.29 is 13.7 Å². The Bertz CT molecular complexity index is 1030. The maximum Gasteiger partial charge on any atom is 0.201 e. The lowest BCUT2D eigenvalue weighted by molar-refractivity contribution is 0.318. The highest BCUT2D eigenvalue weighted by Gasteiger charge is 2.20. The molecule has 150 valence electrons. The Morgan fingerprint density at radius 2 is 1.93 bits per heavy atom. The molecule has 0 amide bonds. The highest BCUT2D eigenvalue weighted by Crippen LogP contribution is 2.27. The number of pyridine rings is 1. The van der Waals surface area contributed by atoms with Gasteiger partial charge in [-0.1, -0.05) is 0 Å². The van der Waals surface area contributed by atoms with Crippen molar-refractivity contribution >= 4 is 21.8 Å². The standard InChI is InChI=1S/C20H26N4O3S/c1-13-10-21-17(14(2)19(13)27-6)11-28(25)20-22-16-8-7-15(26-5)9-18(16)24(20)12-23(3)4/h7-10H,11-12H2,1-6H3. The van der Waals surface area contributed by atoms with Crippen molar-refractivity contribution in [3.63, 3.8) is 0 Å². The molecule has 0 N–H and O–H groups in total. The van der Waals surface area contributed by atoms with Crippen molar-refractivity contribution in [3.8, 4) is 11.5 Å². The van der Waals surface area contributed by atoms with Gasteiger partial charge in [-0.25, -0.2) is 4.98 Å². The summed E-state index contributed by atoms with van der Waals surface area (Å²) in [6.07, 6.45) is 1.76. The Hall–Kier alpha value is -2.45. The highest BCUT2D eigenvalue weighted by molar-refractivity contribution is 7.84. The molecule has 3 aromatic rings. The van der Waals surface area contributed by atoms with Gasteiger partial charge in [0.2, 0.25) is 5.16 Å². The summed E-state index contributed by atoms with van der Waals surface area (Å²) in [6.45, 7) is 4.46. The maximum absolute atomic E-state index is 13.3. The van der Waals surface area contributed by atoms with Crippen LogP contribution in [0.25, 0.3) is 11.0 Å². The fourth-order valence-electron chi connectivity index (χ4n) is 3.21. The van der Waals surface area contributed by atoms with E-state index in [2.05, 4.69) is 9.97 Å². The minimum Gasteiger partial charge on any atom is -0.497 e. The fourth-order valence-corrected chi connectivity index (χ4v) is 4.48. The van der Waals surface area contributed by atoms with E-state index in [0.29, 0.717) is 11.8 Å². The van der Waals surface area contributed by atoms with Gasteiger partial charge in [0.1, 0.15) is 11.5 Å². The third-order valence-electron chi connectivity index (χ3n) is 4.57. The van der Waals surface area contributed by atoms with Crippen molar-refractivity contribution in [3.05, 3.63) is 41.2 Å². The van der Waals surface area contributed by atoms with Crippen LogP contribution in [-0.2, 0) is 23.2 Å². The third-order valence-corrected chi connectivity index (χ3v) is 5.82. The van der Waals surface area contributed by atoms with E-state index in [1.54, 1.807) is 20.4 Å². The summed E-state index contributed by atoms with van der Waals surface area (Å²) in [5.41, 5.74) is 4.30. The van der Waals surface area contributed by atoms with Crippen LogP contribution in [0.1, 0.15) is 16.8 Å². The van der Waals surface area contributed by atoms with Crippen molar-refractivity contribution in [1.82, 2.24) is 19.4 Å². The van der Waals surface area contributed by atoms with Gasteiger partial charge in [-0.2, -0.15) is 0 Å². The number of rotatable bonds is 7. The Morgan fingerprint density at radius 3 is 2.57 bits per heavy atom. The molecule has 0 aliphatic carbocycles. The van der Waals surface area contributed by atoms with E-state index < -0.39 is 10.8 Å². The molecule has 0 spiro atoms. The van der Waals surface area contributed by atoms with Crippen LogP contribution in [0.15, 0.2) is 29.6 Å². The van der Waals surface area contributed by atoms with E-state index in [0.717, 1.165) is 39.4 Å². The molecular formula is C20H26N4O3S. The number of aromatic nitrogens is 3. The molecule has 0 saturated heterocycles. The molecule has 28 heavy (non-hydrogen) atoms. The van der Waals surface area contributed by atoms with Crippen LogP contribution >= 0.6 is 0 Å². The van der Waals surface area contributed by atoms with Crippen LogP contribution in [-0.4, -0.2) is 52.0 Å². The second-order valence-corrected chi connectivity index (χ2v) is 8.28. The van der Waals surface area contributed by atoms with Gasteiger partial charge in [-0.05, 0) is 40.1 Å². The Labute approximate surface area is 167 Å². The summed E-state index contributed by atoms with van der Waals surface area (Å²) in [5, 5.41) is 0.526. The van der Waals surface area contributed by atoms with Gasteiger partial charge >= 0.3 is 0 Å². The molecule has 1 aromatic carbocycles. The smallest absolute Gasteiger partial charge is 0.201 e. The molecular weight excluding hydrogens is 376 g/mol. The zero-order valence-corrected chi connectivity index (χ0v) is 18.0.